The van der Waals surface area contributed by atoms with Crippen LogP contribution in [0.25, 0.3) is 0 Å². The van der Waals surface area contributed by atoms with Crippen LogP contribution in [-0.4, -0.2) is 45.8 Å². The van der Waals surface area contributed by atoms with Crippen LogP contribution in [0.2, 0.25) is 0 Å². The summed E-state index contributed by atoms with van der Waals surface area (Å²) < 4.78 is 28.2. The van der Waals surface area contributed by atoms with Gasteiger partial charge in [-0.25, -0.2) is 12.7 Å². The fourth-order valence-electron chi connectivity index (χ4n) is 0.491. The van der Waals surface area contributed by atoms with Crippen molar-refractivity contribution in [2.75, 3.05) is 33.1 Å². The number of hydrogen-bond acceptors (Lipinski definition) is 3. The first-order valence-corrected chi connectivity index (χ1v) is 5.09. The van der Waals surface area contributed by atoms with Gasteiger partial charge in [0.2, 0.25) is 10.0 Å². The van der Waals surface area contributed by atoms with Crippen molar-refractivity contribution in [3.05, 3.63) is 0 Å². The van der Waals surface area contributed by atoms with Crippen LogP contribution in [0, 0.1) is 0 Å². The number of rotatable bonds is 5. The van der Waals surface area contributed by atoms with E-state index in [-0.39, 0.29) is 12.4 Å². The van der Waals surface area contributed by atoms with Crippen LogP contribution < -0.4 is 0 Å². The highest BCUT2D eigenvalue weighted by Crippen LogP contribution is 1.93. The zero-order valence-corrected chi connectivity index (χ0v) is 8.02. The molecule has 0 aromatic carbocycles. The van der Waals surface area contributed by atoms with E-state index in [2.05, 4.69) is 0 Å². The van der Waals surface area contributed by atoms with Crippen LogP contribution >= 0.6 is 0 Å². The summed E-state index contributed by atoms with van der Waals surface area (Å²) in [6.45, 7) is 2.67. The zero-order valence-electron chi connectivity index (χ0n) is 7.20. The van der Waals surface area contributed by atoms with E-state index in [9.17, 15) is 8.42 Å². The predicted molar refractivity (Wildman–Crippen MR) is 44.0 cm³/mol. The molecule has 0 aliphatic carbocycles. The lowest BCUT2D eigenvalue weighted by molar-refractivity contribution is 0.162. The molecule has 0 aliphatic rings. The van der Waals surface area contributed by atoms with Crippen molar-refractivity contribution < 1.29 is 13.2 Å². The van der Waals surface area contributed by atoms with Gasteiger partial charge in [-0.15, -0.1) is 0 Å². The van der Waals surface area contributed by atoms with Crippen molar-refractivity contribution in [2.24, 2.45) is 0 Å². The third kappa shape index (κ3) is 4.34. The average molecular weight is 181 g/mol. The Morgan fingerprint density at radius 2 is 1.91 bits per heavy atom. The van der Waals surface area contributed by atoms with E-state index in [4.69, 9.17) is 4.74 Å². The molecule has 0 saturated carbocycles. The monoisotopic (exact) mass is 181 g/mol. The fourth-order valence-corrected chi connectivity index (χ4v) is 1.18. The molecule has 5 heteroatoms. The van der Waals surface area contributed by atoms with E-state index >= 15 is 0 Å². The molecule has 0 N–H and O–H groups in total. The molecule has 0 radical (unpaired) electrons. The van der Waals surface area contributed by atoms with Crippen molar-refractivity contribution in [2.45, 2.75) is 6.92 Å². The van der Waals surface area contributed by atoms with E-state index in [0.717, 1.165) is 0 Å². The summed E-state index contributed by atoms with van der Waals surface area (Å²) in [5.41, 5.74) is 0. The summed E-state index contributed by atoms with van der Waals surface area (Å²) in [6.07, 6.45) is 0. The molecule has 68 valence electrons. The van der Waals surface area contributed by atoms with Gasteiger partial charge in [-0.3, -0.25) is 0 Å². The Morgan fingerprint density at radius 3 is 2.27 bits per heavy atom. The molecule has 0 aromatic rings. The number of sulfonamides is 1. The molecule has 0 atom stereocenters. The van der Waals surface area contributed by atoms with Gasteiger partial charge in [0.15, 0.2) is 0 Å². The predicted octanol–water partition coefficient (Wildman–Crippen LogP) is -0.0857. The van der Waals surface area contributed by atoms with E-state index in [1.807, 2.05) is 6.92 Å². The Morgan fingerprint density at radius 1 is 1.36 bits per heavy atom. The first-order valence-electron chi connectivity index (χ1n) is 3.48. The van der Waals surface area contributed by atoms with Gasteiger partial charge >= 0.3 is 0 Å². The number of ether oxygens (including phenoxy) is 1. The molecular formula is C6H15NO3S. The van der Waals surface area contributed by atoms with Gasteiger partial charge in [-0.1, -0.05) is 0 Å². The number of nitrogens with zero attached hydrogens (tertiary/aromatic N) is 1. The van der Waals surface area contributed by atoms with Crippen LogP contribution in [-0.2, 0) is 14.8 Å². The topological polar surface area (TPSA) is 46.6 Å². The summed E-state index contributed by atoms with van der Waals surface area (Å²) in [5, 5.41) is 0. The van der Waals surface area contributed by atoms with Gasteiger partial charge in [0, 0.05) is 20.7 Å². The Balaban J connectivity index is 3.75. The van der Waals surface area contributed by atoms with Crippen molar-refractivity contribution in [3.8, 4) is 0 Å². The maximum absolute atomic E-state index is 11.1. The molecular weight excluding hydrogens is 166 g/mol. The van der Waals surface area contributed by atoms with Crippen molar-refractivity contribution in [1.82, 2.24) is 4.31 Å². The van der Waals surface area contributed by atoms with Crippen LogP contribution in [0.3, 0.4) is 0 Å². The summed E-state index contributed by atoms with van der Waals surface area (Å²) in [7, 11) is -0.0318. The van der Waals surface area contributed by atoms with Crippen molar-refractivity contribution in [1.29, 1.82) is 0 Å². The minimum atomic E-state index is -3.06. The van der Waals surface area contributed by atoms with Crippen molar-refractivity contribution in [3.63, 3.8) is 0 Å². The van der Waals surface area contributed by atoms with Gasteiger partial charge < -0.3 is 4.74 Å². The highest BCUT2D eigenvalue weighted by molar-refractivity contribution is 7.89. The normalized spacial score (nSPS) is 12.4. The standard InChI is InChI=1S/C6H15NO3S/c1-4-10-5-6-11(8,9)7(2)3/h4-6H2,1-3H3. The quantitative estimate of drug-likeness (QED) is 0.557. The van der Waals surface area contributed by atoms with E-state index in [0.29, 0.717) is 6.61 Å². The molecule has 0 spiro atoms. The highest BCUT2D eigenvalue weighted by Gasteiger charge is 2.12. The lowest BCUT2D eigenvalue weighted by atomic mass is 10.8. The summed E-state index contributed by atoms with van der Waals surface area (Å²) in [6, 6.07) is 0. The minimum Gasteiger partial charge on any atom is -0.381 e. The Bertz CT molecular complexity index is 186. The lowest BCUT2D eigenvalue weighted by Gasteiger charge is -2.10. The van der Waals surface area contributed by atoms with Crippen LogP contribution in [0.5, 0.6) is 0 Å². The Hall–Kier alpha value is -0.130. The number of hydrogen-bond donors (Lipinski definition) is 0. The second-order valence-electron chi connectivity index (χ2n) is 2.30. The van der Waals surface area contributed by atoms with Crippen LogP contribution in [0.15, 0.2) is 0 Å². The summed E-state index contributed by atoms with van der Waals surface area (Å²) in [5.74, 6) is 0.0633. The Kier molecular flexibility index (Phi) is 4.63. The lowest BCUT2D eigenvalue weighted by Crippen LogP contribution is -2.27. The van der Waals surface area contributed by atoms with Crippen LogP contribution in [0.1, 0.15) is 6.92 Å². The highest BCUT2D eigenvalue weighted by atomic mass is 32.2. The first-order chi connectivity index (χ1) is 5.00. The third-order valence-electron chi connectivity index (χ3n) is 1.25. The first kappa shape index (κ1) is 10.9. The van der Waals surface area contributed by atoms with Gasteiger partial charge in [0.05, 0.1) is 12.4 Å². The smallest absolute Gasteiger partial charge is 0.215 e. The van der Waals surface area contributed by atoms with Gasteiger partial charge in [0.25, 0.3) is 0 Å². The van der Waals surface area contributed by atoms with Gasteiger partial charge in [-0.05, 0) is 6.92 Å². The summed E-state index contributed by atoms with van der Waals surface area (Å²) in [4.78, 5) is 0. The maximum atomic E-state index is 11.1. The molecule has 0 aromatic heterocycles. The second-order valence-corrected chi connectivity index (χ2v) is 4.60. The van der Waals surface area contributed by atoms with E-state index in [1.54, 1.807) is 0 Å². The molecule has 0 aliphatic heterocycles. The van der Waals surface area contributed by atoms with E-state index < -0.39 is 10.0 Å². The molecule has 0 unspecified atom stereocenters. The SMILES string of the molecule is CCOCCS(=O)(=O)N(C)C. The van der Waals surface area contributed by atoms with Crippen LogP contribution in [0.4, 0.5) is 0 Å². The average Bonchev–Trinajstić information content (AvgIpc) is 1.88. The van der Waals surface area contributed by atoms with Gasteiger partial charge in [-0.2, -0.15) is 0 Å². The second kappa shape index (κ2) is 4.69. The maximum Gasteiger partial charge on any atom is 0.215 e. The zero-order chi connectivity index (χ0) is 8.91. The van der Waals surface area contributed by atoms with Gasteiger partial charge in [0.1, 0.15) is 0 Å². The molecule has 0 fully saturated rings. The fraction of sp³-hybridized carbons (Fsp3) is 1.00. The summed E-state index contributed by atoms with van der Waals surface area (Å²) >= 11 is 0. The minimum absolute atomic E-state index is 0.0633. The van der Waals surface area contributed by atoms with Crippen molar-refractivity contribution >= 4 is 10.0 Å². The molecule has 4 nitrogen and oxygen atoms in total. The Labute approximate surface area is 68.2 Å². The molecule has 0 rings (SSSR count). The molecule has 0 amide bonds. The third-order valence-corrected chi connectivity index (χ3v) is 3.04. The molecule has 0 heterocycles. The molecule has 0 bridgehead atoms. The van der Waals surface area contributed by atoms with E-state index in [1.165, 1.54) is 18.4 Å². The molecule has 11 heavy (non-hydrogen) atoms. The largest absolute Gasteiger partial charge is 0.381 e. The molecule has 0 saturated heterocycles.